The molecule has 0 aromatic carbocycles. The number of ether oxygens (including phenoxy) is 1. The summed E-state index contributed by atoms with van der Waals surface area (Å²) in [7, 11) is 1.97. The van der Waals surface area contributed by atoms with Gasteiger partial charge in [0.15, 0.2) is 0 Å². The van der Waals surface area contributed by atoms with Crippen molar-refractivity contribution >= 4 is 17.5 Å². The van der Waals surface area contributed by atoms with Crippen molar-refractivity contribution in [2.45, 2.75) is 32.2 Å². The molecule has 1 heterocycles. The van der Waals surface area contributed by atoms with Gasteiger partial charge >= 0.3 is 6.01 Å². The van der Waals surface area contributed by atoms with Crippen LogP contribution in [0.3, 0.4) is 0 Å². The summed E-state index contributed by atoms with van der Waals surface area (Å²) in [6, 6.07) is 0.849. The van der Waals surface area contributed by atoms with Gasteiger partial charge in [-0.2, -0.15) is 15.0 Å². The summed E-state index contributed by atoms with van der Waals surface area (Å²) in [5.41, 5.74) is 0. The number of anilines is 1. The summed E-state index contributed by atoms with van der Waals surface area (Å²) in [5.74, 6) is 0.591. The van der Waals surface area contributed by atoms with Crippen molar-refractivity contribution in [1.29, 1.82) is 0 Å². The van der Waals surface area contributed by atoms with E-state index < -0.39 is 0 Å². The van der Waals surface area contributed by atoms with Crippen LogP contribution < -0.4 is 9.64 Å². The summed E-state index contributed by atoms with van der Waals surface area (Å²) in [4.78, 5) is 14.3. The minimum atomic E-state index is 0.184. The summed E-state index contributed by atoms with van der Waals surface area (Å²) in [6.07, 6.45) is 3.28. The molecule has 5 nitrogen and oxygen atoms in total. The van der Waals surface area contributed by atoms with E-state index >= 15 is 0 Å². The molecule has 1 aromatic heterocycles. The predicted molar refractivity (Wildman–Crippen MR) is 62.0 cm³/mol. The smallest absolute Gasteiger partial charge is 0.322 e. The average Bonchev–Trinajstić information content (AvgIpc) is 3.08. The van der Waals surface area contributed by atoms with Gasteiger partial charge in [0.05, 0.1) is 6.61 Å². The third-order valence-corrected chi connectivity index (χ3v) is 2.59. The maximum Gasteiger partial charge on any atom is 0.322 e. The number of aromatic nitrogens is 3. The van der Waals surface area contributed by atoms with E-state index in [1.165, 1.54) is 12.8 Å². The van der Waals surface area contributed by atoms with Crippen molar-refractivity contribution in [2.75, 3.05) is 18.6 Å². The van der Waals surface area contributed by atoms with Gasteiger partial charge in [-0.15, -0.1) is 0 Å². The highest BCUT2D eigenvalue weighted by molar-refractivity contribution is 6.28. The molecule has 1 saturated carbocycles. The van der Waals surface area contributed by atoms with Crippen LogP contribution in [0, 0.1) is 0 Å². The second kappa shape index (κ2) is 4.82. The van der Waals surface area contributed by atoms with E-state index in [-0.39, 0.29) is 5.28 Å². The van der Waals surface area contributed by atoms with Crippen molar-refractivity contribution < 1.29 is 4.74 Å². The van der Waals surface area contributed by atoms with Gasteiger partial charge in [0.1, 0.15) is 0 Å². The van der Waals surface area contributed by atoms with E-state index in [0.717, 1.165) is 6.42 Å². The maximum atomic E-state index is 5.83. The molecule has 16 heavy (non-hydrogen) atoms. The SMILES string of the molecule is CCCOc1nc(Cl)nc(N(C)C2CC2)n1. The second-order valence-electron chi connectivity index (χ2n) is 3.88. The van der Waals surface area contributed by atoms with Crippen molar-refractivity contribution in [2.24, 2.45) is 0 Å². The fourth-order valence-electron chi connectivity index (χ4n) is 1.36. The van der Waals surface area contributed by atoms with Crippen molar-refractivity contribution in [3.63, 3.8) is 0 Å². The Morgan fingerprint density at radius 2 is 2.12 bits per heavy atom. The van der Waals surface area contributed by atoms with Gasteiger partial charge in [-0.25, -0.2) is 0 Å². The standard InChI is InChI=1S/C10H15ClN4O/c1-3-6-16-10-13-8(11)12-9(14-10)15(2)7-4-5-7/h7H,3-6H2,1-2H3. The lowest BCUT2D eigenvalue weighted by molar-refractivity contribution is 0.291. The van der Waals surface area contributed by atoms with Gasteiger partial charge in [-0.3, -0.25) is 0 Å². The Balaban J connectivity index is 2.14. The fourth-order valence-corrected chi connectivity index (χ4v) is 1.51. The molecular weight excluding hydrogens is 228 g/mol. The molecular formula is C10H15ClN4O. The van der Waals surface area contributed by atoms with E-state index in [9.17, 15) is 0 Å². The molecule has 1 aliphatic carbocycles. The normalized spacial score (nSPS) is 14.9. The van der Waals surface area contributed by atoms with E-state index in [1.54, 1.807) is 0 Å². The Morgan fingerprint density at radius 1 is 1.38 bits per heavy atom. The van der Waals surface area contributed by atoms with E-state index in [4.69, 9.17) is 16.3 Å². The highest BCUT2D eigenvalue weighted by atomic mass is 35.5. The van der Waals surface area contributed by atoms with Crippen LogP contribution in [0.2, 0.25) is 5.28 Å². The quantitative estimate of drug-likeness (QED) is 0.790. The molecule has 88 valence electrons. The zero-order chi connectivity index (χ0) is 11.5. The molecule has 6 heteroatoms. The van der Waals surface area contributed by atoms with Gasteiger partial charge in [0.25, 0.3) is 0 Å². The molecule has 0 N–H and O–H groups in total. The maximum absolute atomic E-state index is 5.83. The van der Waals surface area contributed by atoms with Gasteiger partial charge < -0.3 is 9.64 Å². The van der Waals surface area contributed by atoms with E-state index in [2.05, 4.69) is 15.0 Å². The number of nitrogens with zero attached hydrogens (tertiary/aromatic N) is 4. The lowest BCUT2D eigenvalue weighted by atomic mass is 10.5. The van der Waals surface area contributed by atoms with Crippen LogP contribution >= 0.6 is 11.6 Å². The molecule has 0 saturated heterocycles. The highest BCUT2D eigenvalue weighted by Crippen LogP contribution is 2.29. The van der Waals surface area contributed by atoms with Crippen molar-refractivity contribution in [3.05, 3.63) is 5.28 Å². The van der Waals surface area contributed by atoms with Gasteiger partial charge in [-0.05, 0) is 30.9 Å². The molecule has 0 bridgehead atoms. The Bertz CT molecular complexity index is 370. The van der Waals surface area contributed by atoms with Crippen LogP contribution in [0.4, 0.5) is 5.95 Å². The molecule has 1 aromatic rings. The predicted octanol–water partition coefficient (Wildman–Crippen LogP) is 1.91. The molecule has 0 unspecified atom stereocenters. The number of hydrogen-bond acceptors (Lipinski definition) is 5. The first-order chi connectivity index (χ1) is 7.70. The summed E-state index contributed by atoms with van der Waals surface area (Å²) in [5, 5.41) is 0.184. The molecule has 0 atom stereocenters. The first kappa shape index (κ1) is 11.4. The first-order valence-corrected chi connectivity index (χ1v) is 5.85. The lowest BCUT2D eigenvalue weighted by Gasteiger charge is -2.16. The van der Waals surface area contributed by atoms with Crippen LogP contribution in [0.25, 0.3) is 0 Å². The van der Waals surface area contributed by atoms with Gasteiger partial charge in [0, 0.05) is 13.1 Å². The topological polar surface area (TPSA) is 51.1 Å². The van der Waals surface area contributed by atoms with E-state index in [0.29, 0.717) is 24.6 Å². The Morgan fingerprint density at radius 3 is 2.75 bits per heavy atom. The van der Waals surface area contributed by atoms with Crippen LogP contribution in [0.1, 0.15) is 26.2 Å². The molecule has 0 radical (unpaired) electrons. The first-order valence-electron chi connectivity index (χ1n) is 5.48. The van der Waals surface area contributed by atoms with Crippen LogP contribution in [0.15, 0.2) is 0 Å². The second-order valence-corrected chi connectivity index (χ2v) is 4.22. The Kier molecular flexibility index (Phi) is 3.43. The molecule has 1 fully saturated rings. The third-order valence-electron chi connectivity index (χ3n) is 2.42. The van der Waals surface area contributed by atoms with E-state index in [1.807, 2.05) is 18.9 Å². The molecule has 0 amide bonds. The average molecular weight is 243 g/mol. The number of hydrogen-bond donors (Lipinski definition) is 0. The van der Waals surface area contributed by atoms with Gasteiger partial charge in [-0.1, -0.05) is 6.92 Å². The zero-order valence-corrected chi connectivity index (χ0v) is 10.2. The molecule has 0 aliphatic heterocycles. The Hall–Kier alpha value is -1.10. The molecule has 0 spiro atoms. The number of rotatable bonds is 5. The fraction of sp³-hybridized carbons (Fsp3) is 0.700. The number of halogens is 1. The third kappa shape index (κ3) is 2.72. The molecule has 1 aliphatic rings. The van der Waals surface area contributed by atoms with Crippen LogP contribution in [-0.2, 0) is 0 Å². The van der Waals surface area contributed by atoms with Gasteiger partial charge in [0.2, 0.25) is 11.2 Å². The molecule has 2 rings (SSSR count). The monoisotopic (exact) mass is 242 g/mol. The van der Waals surface area contributed by atoms with Crippen molar-refractivity contribution in [1.82, 2.24) is 15.0 Å². The highest BCUT2D eigenvalue weighted by Gasteiger charge is 2.28. The summed E-state index contributed by atoms with van der Waals surface area (Å²) in [6.45, 7) is 2.62. The summed E-state index contributed by atoms with van der Waals surface area (Å²) < 4.78 is 5.35. The van der Waals surface area contributed by atoms with Crippen LogP contribution in [0.5, 0.6) is 6.01 Å². The van der Waals surface area contributed by atoms with Crippen molar-refractivity contribution in [3.8, 4) is 6.01 Å². The Labute approximate surface area is 99.8 Å². The summed E-state index contributed by atoms with van der Waals surface area (Å²) >= 11 is 5.83. The zero-order valence-electron chi connectivity index (χ0n) is 9.48. The largest absolute Gasteiger partial charge is 0.463 e. The minimum absolute atomic E-state index is 0.184. The lowest BCUT2D eigenvalue weighted by Crippen LogP contribution is -2.22. The minimum Gasteiger partial charge on any atom is -0.463 e. The van der Waals surface area contributed by atoms with Crippen LogP contribution in [-0.4, -0.2) is 34.6 Å².